The summed E-state index contributed by atoms with van der Waals surface area (Å²) in [4.78, 5) is 4.53. The molecule has 0 N–H and O–H groups in total. The van der Waals surface area contributed by atoms with E-state index in [1.165, 1.54) is 25.0 Å². The summed E-state index contributed by atoms with van der Waals surface area (Å²) < 4.78 is 42.5. The number of allylic oxidation sites excluding steroid dienone is 1. The zero-order valence-electron chi connectivity index (χ0n) is 13.8. The number of hydrogen-bond acceptors (Lipinski definition) is 3. The van der Waals surface area contributed by atoms with Crippen LogP contribution in [0, 0.1) is 5.92 Å². The Morgan fingerprint density at radius 3 is 2.54 bits per heavy atom. The van der Waals surface area contributed by atoms with E-state index in [0.717, 1.165) is 16.8 Å². The summed E-state index contributed by atoms with van der Waals surface area (Å²) in [5, 5.41) is 4.55. The van der Waals surface area contributed by atoms with Gasteiger partial charge in [0.15, 0.2) is 11.5 Å². The smallest absolute Gasteiger partial charge is 0.406 e. The third kappa shape index (κ3) is 3.56. The van der Waals surface area contributed by atoms with Gasteiger partial charge in [0.25, 0.3) is 0 Å². The van der Waals surface area contributed by atoms with Crippen LogP contribution in [0.2, 0.25) is 0 Å². The molecule has 1 aliphatic rings. The molecule has 0 saturated heterocycles. The fourth-order valence-corrected chi connectivity index (χ4v) is 2.91. The summed E-state index contributed by atoms with van der Waals surface area (Å²) in [6, 6.07) is 11.3. The van der Waals surface area contributed by atoms with Gasteiger partial charge in [0.2, 0.25) is 0 Å². The van der Waals surface area contributed by atoms with Crippen LogP contribution in [0.15, 0.2) is 54.6 Å². The lowest BCUT2D eigenvalue weighted by Gasteiger charge is -2.09. The summed E-state index contributed by atoms with van der Waals surface area (Å²) in [6.45, 7) is 4.11. The van der Waals surface area contributed by atoms with Gasteiger partial charge in [-0.3, -0.25) is 0 Å². The third-order valence-corrected chi connectivity index (χ3v) is 4.33. The van der Waals surface area contributed by atoms with Gasteiger partial charge in [-0.2, -0.15) is 5.10 Å². The standard InChI is InChI=1S/C19H16F3N3O/c1-12(13-5-6-13)11-17-23-18-4-2-3-16(25(18)24-17)14-7-9-15(10-8-14)26-19(20,21)22/h2-4,7-10,13H,1,5-6,11H2. The second-order valence-electron chi connectivity index (χ2n) is 6.39. The monoisotopic (exact) mass is 359 g/mol. The van der Waals surface area contributed by atoms with Crippen LogP contribution < -0.4 is 4.74 Å². The average Bonchev–Trinajstić information content (AvgIpc) is 3.34. The van der Waals surface area contributed by atoms with E-state index >= 15 is 0 Å². The Hall–Kier alpha value is -2.83. The first-order valence-corrected chi connectivity index (χ1v) is 8.27. The van der Waals surface area contributed by atoms with Crippen molar-refractivity contribution < 1.29 is 17.9 Å². The molecule has 0 aliphatic heterocycles. The second kappa shape index (κ2) is 6.16. The zero-order valence-corrected chi connectivity index (χ0v) is 13.8. The maximum atomic E-state index is 12.3. The van der Waals surface area contributed by atoms with Crippen LogP contribution in [-0.2, 0) is 6.42 Å². The van der Waals surface area contributed by atoms with Crippen molar-refractivity contribution in [2.45, 2.75) is 25.6 Å². The number of hydrogen-bond donors (Lipinski definition) is 0. The van der Waals surface area contributed by atoms with Gasteiger partial charge in [0.1, 0.15) is 5.75 Å². The number of rotatable bonds is 5. The van der Waals surface area contributed by atoms with Gasteiger partial charge in [-0.1, -0.05) is 18.2 Å². The molecule has 26 heavy (non-hydrogen) atoms. The van der Waals surface area contributed by atoms with Crippen molar-refractivity contribution >= 4 is 5.65 Å². The lowest BCUT2D eigenvalue weighted by Crippen LogP contribution is -2.16. The van der Waals surface area contributed by atoms with Gasteiger partial charge >= 0.3 is 6.36 Å². The number of fused-ring (bicyclic) bond motifs is 1. The lowest BCUT2D eigenvalue weighted by atomic mass is 10.1. The topological polar surface area (TPSA) is 39.4 Å². The summed E-state index contributed by atoms with van der Waals surface area (Å²) in [5.74, 6) is 1.03. The van der Waals surface area contributed by atoms with Crippen molar-refractivity contribution in [3.63, 3.8) is 0 Å². The molecule has 0 atom stereocenters. The van der Waals surface area contributed by atoms with Crippen molar-refractivity contribution in [1.82, 2.24) is 14.6 Å². The van der Waals surface area contributed by atoms with Gasteiger partial charge in [-0.15, -0.1) is 13.2 Å². The molecule has 0 amide bonds. The molecule has 4 nitrogen and oxygen atoms in total. The Balaban J connectivity index is 1.63. The van der Waals surface area contributed by atoms with Gasteiger partial charge in [0, 0.05) is 12.0 Å². The first kappa shape index (κ1) is 16.6. The molecule has 2 heterocycles. The maximum absolute atomic E-state index is 12.3. The molecule has 0 unspecified atom stereocenters. The number of aromatic nitrogens is 3. The highest BCUT2D eigenvalue weighted by atomic mass is 19.4. The van der Waals surface area contributed by atoms with Gasteiger partial charge in [-0.25, -0.2) is 9.50 Å². The Morgan fingerprint density at radius 2 is 1.88 bits per heavy atom. The van der Waals surface area contributed by atoms with E-state index in [1.807, 2.05) is 18.2 Å². The molecule has 0 bridgehead atoms. The molecular weight excluding hydrogens is 343 g/mol. The van der Waals surface area contributed by atoms with E-state index in [-0.39, 0.29) is 5.75 Å². The summed E-state index contributed by atoms with van der Waals surface area (Å²) in [6.07, 6.45) is -1.69. The Morgan fingerprint density at radius 1 is 1.15 bits per heavy atom. The number of nitrogens with zero attached hydrogens (tertiary/aromatic N) is 3. The Labute approximate surface area is 147 Å². The summed E-state index contributed by atoms with van der Waals surface area (Å²) >= 11 is 0. The number of alkyl halides is 3. The maximum Gasteiger partial charge on any atom is 0.573 e. The van der Waals surface area contributed by atoms with Gasteiger partial charge in [0.05, 0.1) is 5.69 Å². The van der Waals surface area contributed by atoms with Crippen LogP contribution in [-0.4, -0.2) is 21.0 Å². The minimum absolute atomic E-state index is 0.256. The molecule has 1 saturated carbocycles. The fourth-order valence-electron chi connectivity index (χ4n) is 2.91. The largest absolute Gasteiger partial charge is 0.573 e. The quantitative estimate of drug-likeness (QED) is 0.614. The fraction of sp³-hybridized carbons (Fsp3) is 0.263. The predicted octanol–water partition coefficient (Wildman–Crippen LogP) is 4.80. The highest BCUT2D eigenvalue weighted by Gasteiger charge is 2.31. The van der Waals surface area contributed by atoms with Crippen LogP contribution in [0.4, 0.5) is 13.2 Å². The van der Waals surface area contributed by atoms with Crippen LogP contribution in [0.3, 0.4) is 0 Å². The molecule has 3 aromatic rings. The highest BCUT2D eigenvalue weighted by molar-refractivity contribution is 5.63. The van der Waals surface area contributed by atoms with Crippen LogP contribution in [0.1, 0.15) is 18.7 Å². The third-order valence-electron chi connectivity index (χ3n) is 4.33. The van der Waals surface area contributed by atoms with Crippen LogP contribution in [0.25, 0.3) is 16.9 Å². The molecule has 7 heteroatoms. The zero-order chi connectivity index (χ0) is 18.3. The molecule has 1 fully saturated rings. The average molecular weight is 359 g/mol. The molecule has 0 radical (unpaired) electrons. The number of halogens is 3. The molecule has 134 valence electrons. The van der Waals surface area contributed by atoms with Gasteiger partial charge < -0.3 is 4.74 Å². The van der Waals surface area contributed by atoms with E-state index in [2.05, 4.69) is 21.4 Å². The van der Waals surface area contributed by atoms with Crippen molar-refractivity contribution in [1.29, 1.82) is 0 Å². The first-order chi connectivity index (χ1) is 12.4. The number of pyridine rings is 1. The van der Waals surface area contributed by atoms with E-state index in [0.29, 0.717) is 23.8 Å². The van der Waals surface area contributed by atoms with E-state index in [9.17, 15) is 13.2 Å². The summed E-state index contributed by atoms with van der Waals surface area (Å²) in [7, 11) is 0. The predicted molar refractivity (Wildman–Crippen MR) is 90.7 cm³/mol. The molecule has 0 spiro atoms. The SMILES string of the molecule is C=C(Cc1nc2cccc(-c3ccc(OC(F)(F)F)cc3)n2n1)C1CC1. The highest BCUT2D eigenvalue weighted by Crippen LogP contribution is 2.36. The lowest BCUT2D eigenvalue weighted by molar-refractivity contribution is -0.274. The van der Waals surface area contributed by atoms with E-state index in [4.69, 9.17) is 0 Å². The summed E-state index contributed by atoms with van der Waals surface area (Å²) in [5.41, 5.74) is 3.31. The molecule has 1 aliphatic carbocycles. The Kier molecular flexibility index (Phi) is 3.94. The normalized spacial score (nSPS) is 14.6. The van der Waals surface area contributed by atoms with Gasteiger partial charge in [-0.05, 0) is 55.2 Å². The molecular formula is C19H16F3N3O. The number of ether oxygens (including phenoxy) is 1. The minimum Gasteiger partial charge on any atom is -0.406 e. The number of benzene rings is 1. The van der Waals surface area contributed by atoms with Crippen molar-refractivity contribution in [2.24, 2.45) is 5.92 Å². The first-order valence-electron chi connectivity index (χ1n) is 8.27. The minimum atomic E-state index is -4.70. The Bertz CT molecular complexity index is 956. The molecule has 4 rings (SSSR count). The van der Waals surface area contributed by atoms with Crippen LogP contribution >= 0.6 is 0 Å². The molecule has 2 aromatic heterocycles. The van der Waals surface area contributed by atoms with E-state index < -0.39 is 6.36 Å². The van der Waals surface area contributed by atoms with Crippen molar-refractivity contribution in [2.75, 3.05) is 0 Å². The molecule has 1 aromatic carbocycles. The van der Waals surface area contributed by atoms with E-state index in [1.54, 1.807) is 16.6 Å². The second-order valence-corrected chi connectivity index (χ2v) is 6.39. The van der Waals surface area contributed by atoms with Crippen LogP contribution in [0.5, 0.6) is 5.75 Å². The van der Waals surface area contributed by atoms with Crippen molar-refractivity contribution in [3.8, 4) is 17.0 Å². The van der Waals surface area contributed by atoms with Crippen molar-refractivity contribution in [3.05, 3.63) is 60.4 Å².